The van der Waals surface area contributed by atoms with Crippen LogP contribution in [0.3, 0.4) is 0 Å². The Morgan fingerprint density at radius 2 is 2.21 bits per heavy atom. The zero-order valence-corrected chi connectivity index (χ0v) is 9.25. The maximum atomic E-state index is 11.0. The molecule has 0 saturated heterocycles. The Kier molecular flexibility index (Phi) is 5.46. The fourth-order valence-electron chi connectivity index (χ4n) is 1.18. The zero-order chi connectivity index (χ0) is 11.2. The van der Waals surface area contributed by atoms with E-state index in [4.69, 9.17) is 4.74 Å². The van der Waals surface area contributed by atoms with Crippen LogP contribution in [0.25, 0.3) is 0 Å². The number of hydrogen-bond acceptors (Lipinski definition) is 3. The molecule has 0 radical (unpaired) electrons. The molecule has 0 aromatic rings. The monoisotopic (exact) mass is 200 g/mol. The molecular weight excluding hydrogens is 180 g/mol. The van der Waals surface area contributed by atoms with Crippen LogP contribution in [0.5, 0.6) is 0 Å². The molecule has 1 unspecified atom stereocenters. The minimum Gasteiger partial charge on any atom is -0.466 e. The van der Waals surface area contributed by atoms with E-state index in [1.54, 1.807) is 13.0 Å². The number of hydrogen-bond donors (Lipinski definition) is 1. The fraction of sp³-hybridized carbons (Fsp3) is 0.727. The molecule has 0 aliphatic heterocycles. The van der Waals surface area contributed by atoms with E-state index in [9.17, 15) is 9.90 Å². The SMILES string of the molecule is C=CC(C)(C)CC(O)CC(=O)OCC. The van der Waals surface area contributed by atoms with Crippen LogP contribution in [0.2, 0.25) is 0 Å². The van der Waals surface area contributed by atoms with Crippen molar-refractivity contribution in [1.29, 1.82) is 0 Å². The molecule has 0 spiro atoms. The van der Waals surface area contributed by atoms with Crippen LogP contribution in [0.1, 0.15) is 33.6 Å². The van der Waals surface area contributed by atoms with Crippen LogP contribution in [0, 0.1) is 5.41 Å². The first-order valence-corrected chi connectivity index (χ1v) is 4.88. The highest BCUT2D eigenvalue weighted by molar-refractivity contribution is 5.69. The Hall–Kier alpha value is -0.830. The van der Waals surface area contributed by atoms with Crippen molar-refractivity contribution < 1.29 is 14.6 Å². The Morgan fingerprint density at radius 1 is 1.64 bits per heavy atom. The summed E-state index contributed by atoms with van der Waals surface area (Å²) in [5, 5.41) is 9.56. The van der Waals surface area contributed by atoms with Crippen molar-refractivity contribution in [3.8, 4) is 0 Å². The Bertz CT molecular complexity index is 197. The first-order valence-electron chi connectivity index (χ1n) is 4.88. The van der Waals surface area contributed by atoms with Crippen molar-refractivity contribution in [3.05, 3.63) is 12.7 Å². The predicted octanol–water partition coefficient (Wildman–Crippen LogP) is 1.90. The van der Waals surface area contributed by atoms with Gasteiger partial charge in [-0.15, -0.1) is 6.58 Å². The average molecular weight is 200 g/mol. The second-order valence-corrected chi connectivity index (χ2v) is 4.06. The first kappa shape index (κ1) is 13.2. The standard InChI is InChI=1S/C11H20O3/c1-5-11(3,4)8-9(12)7-10(13)14-6-2/h5,9,12H,1,6-8H2,2-4H3. The van der Waals surface area contributed by atoms with Crippen LogP contribution >= 0.6 is 0 Å². The molecule has 0 rings (SSSR count). The quantitative estimate of drug-likeness (QED) is 0.526. The molecule has 3 nitrogen and oxygen atoms in total. The smallest absolute Gasteiger partial charge is 0.308 e. The number of ether oxygens (including phenoxy) is 1. The third-order valence-electron chi connectivity index (χ3n) is 2.02. The summed E-state index contributed by atoms with van der Waals surface area (Å²) in [6.07, 6.45) is 1.71. The Balaban J connectivity index is 3.91. The molecular formula is C11H20O3. The lowest BCUT2D eigenvalue weighted by molar-refractivity contribution is -0.145. The van der Waals surface area contributed by atoms with Crippen LogP contribution in [0.4, 0.5) is 0 Å². The van der Waals surface area contributed by atoms with Gasteiger partial charge in [0.15, 0.2) is 0 Å². The Labute approximate surface area is 85.8 Å². The molecule has 1 atom stereocenters. The van der Waals surface area contributed by atoms with Gasteiger partial charge in [-0.25, -0.2) is 0 Å². The van der Waals surface area contributed by atoms with Gasteiger partial charge in [-0.3, -0.25) is 4.79 Å². The number of rotatable bonds is 6. The molecule has 0 aromatic carbocycles. The van der Waals surface area contributed by atoms with E-state index in [1.165, 1.54) is 0 Å². The number of aliphatic hydroxyl groups is 1. The minimum atomic E-state index is -0.651. The van der Waals surface area contributed by atoms with Gasteiger partial charge in [0.2, 0.25) is 0 Å². The normalized spacial score (nSPS) is 13.4. The molecule has 1 N–H and O–H groups in total. The number of allylic oxidation sites excluding steroid dienone is 1. The first-order chi connectivity index (χ1) is 6.41. The average Bonchev–Trinajstić information content (AvgIpc) is 2.03. The van der Waals surface area contributed by atoms with Gasteiger partial charge in [0.05, 0.1) is 19.1 Å². The molecule has 82 valence electrons. The maximum Gasteiger partial charge on any atom is 0.308 e. The van der Waals surface area contributed by atoms with Crippen LogP contribution < -0.4 is 0 Å². The second-order valence-electron chi connectivity index (χ2n) is 4.06. The van der Waals surface area contributed by atoms with Crippen LogP contribution in [-0.4, -0.2) is 23.8 Å². The molecule has 0 heterocycles. The van der Waals surface area contributed by atoms with E-state index >= 15 is 0 Å². The van der Waals surface area contributed by atoms with E-state index in [1.807, 2.05) is 13.8 Å². The van der Waals surface area contributed by atoms with Crippen molar-refractivity contribution in [2.24, 2.45) is 5.41 Å². The van der Waals surface area contributed by atoms with Gasteiger partial charge in [0.1, 0.15) is 0 Å². The summed E-state index contributed by atoms with van der Waals surface area (Å²) in [5.41, 5.74) is -0.147. The van der Waals surface area contributed by atoms with Gasteiger partial charge in [-0.1, -0.05) is 19.9 Å². The van der Waals surface area contributed by atoms with Crippen molar-refractivity contribution in [2.45, 2.75) is 39.7 Å². The molecule has 0 fully saturated rings. The van der Waals surface area contributed by atoms with Gasteiger partial charge in [-0.05, 0) is 18.8 Å². The summed E-state index contributed by atoms with van der Waals surface area (Å²) >= 11 is 0. The molecule has 0 aliphatic carbocycles. The maximum absolute atomic E-state index is 11.0. The predicted molar refractivity (Wildman–Crippen MR) is 55.9 cm³/mol. The second kappa shape index (κ2) is 5.81. The molecule has 0 aromatic heterocycles. The van der Waals surface area contributed by atoms with Crippen molar-refractivity contribution in [1.82, 2.24) is 0 Å². The summed E-state index contributed by atoms with van der Waals surface area (Å²) in [5.74, 6) is -0.347. The summed E-state index contributed by atoms with van der Waals surface area (Å²) < 4.78 is 4.74. The Morgan fingerprint density at radius 3 is 2.64 bits per heavy atom. The van der Waals surface area contributed by atoms with Gasteiger partial charge >= 0.3 is 5.97 Å². The topological polar surface area (TPSA) is 46.5 Å². The van der Waals surface area contributed by atoms with Crippen molar-refractivity contribution in [2.75, 3.05) is 6.61 Å². The van der Waals surface area contributed by atoms with Crippen LogP contribution in [0.15, 0.2) is 12.7 Å². The lowest BCUT2D eigenvalue weighted by Gasteiger charge is -2.22. The lowest BCUT2D eigenvalue weighted by atomic mass is 9.86. The third-order valence-corrected chi connectivity index (χ3v) is 2.02. The van der Waals surface area contributed by atoms with E-state index < -0.39 is 6.10 Å². The highest BCUT2D eigenvalue weighted by atomic mass is 16.5. The minimum absolute atomic E-state index is 0.0606. The van der Waals surface area contributed by atoms with E-state index in [0.29, 0.717) is 13.0 Å². The van der Waals surface area contributed by atoms with Crippen LogP contribution in [-0.2, 0) is 9.53 Å². The van der Waals surface area contributed by atoms with E-state index in [-0.39, 0.29) is 17.8 Å². The number of aliphatic hydroxyl groups excluding tert-OH is 1. The summed E-state index contributed by atoms with van der Waals surface area (Å²) in [6.45, 7) is 9.71. The number of carbonyl (C=O) groups is 1. The molecule has 3 heteroatoms. The fourth-order valence-corrected chi connectivity index (χ4v) is 1.18. The van der Waals surface area contributed by atoms with E-state index in [0.717, 1.165) is 0 Å². The van der Waals surface area contributed by atoms with Crippen molar-refractivity contribution in [3.63, 3.8) is 0 Å². The lowest BCUT2D eigenvalue weighted by Crippen LogP contribution is -2.22. The summed E-state index contributed by atoms with van der Waals surface area (Å²) in [4.78, 5) is 11.0. The molecule has 14 heavy (non-hydrogen) atoms. The largest absolute Gasteiger partial charge is 0.466 e. The molecule has 0 bridgehead atoms. The zero-order valence-electron chi connectivity index (χ0n) is 9.25. The van der Waals surface area contributed by atoms with Gasteiger partial charge in [0, 0.05) is 0 Å². The number of esters is 1. The molecule has 0 amide bonds. The highest BCUT2D eigenvalue weighted by Crippen LogP contribution is 2.24. The van der Waals surface area contributed by atoms with E-state index in [2.05, 4.69) is 6.58 Å². The molecule has 0 saturated carbocycles. The number of carbonyl (C=O) groups excluding carboxylic acids is 1. The summed E-state index contributed by atoms with van der Waals surface area (Å²) in [7, 11) is 0. The third kappa shape index (κ3) is 5.75. The van der Waals surface area contributed by atoms with Gasteiger partial charge in [-0.2, -0.15) is 0 Å². The highest BCUT2D eigenvalue weighted by Gasteiger charge is 2.20. The molecule has 0 aliphatic rings. The van der Waals surface area contributed by atoms with Crippen molar-refractivity contribution >= 4 is 5.97 Å². The van der Waals surface area contributed by atoms with Gasteiger partial charge in [0.25, 0.3) is 0 Å². The summed E-state index contributed by atoms with van der Waals surface area (Å²) in [6, 6.07) is 0. The van der Waals surface area contributed by atoms with Gasteiger partial charge < -0.3 is 9.84 Å².